The van der Waals surface area contributed by atoms with Crippen LogP contribution < -0.4 is 11.3 Å². The first-order valence-corrected chi connectivity index (χ1v) is 7.11. The Morgan fingerprint density at radius 3 is 2.60 bits per heavy atom. The van der Waals surface area contributed by atoms with Crippen LogP contribution in [0.1, 0.15) is 28.6 Å². The number of halogens is 2. The van der Waals surface area contributed by atoms with Crippen LogP contribution in [0.25, 0.3) is 0 Å². The summed E-state index contributed by atoms with van der Waals surface area (Å²) in [6, 6.07) is 9.40. The second-order valence-corrected chi connectivity index (χ2v) is 5.63. The molecule has 0 aliphatic rings. The number of hydrogen-bond acceptors (Lipinski definition) is 3. The molecular formula is C15H17Cl2N3. The Labute approximate surface area is 129 Å². The molecule has 1 heterocycles. The summed E-state index contributed by atoms with van der Waals surface area (Å²) >= 11 is 12.2. The number of hydrazine groups is 1. The third-order valence-electron chi connectivity index (χ3n) is 3.27. The molecule has 106 valence electrons. The van der Waals surface area contributed by atoms with E-state index in [9.17, 15) is 0 Å². The van der Waals surface area contributed by atoms with E-state index < -0.39 is 0 Å². The molecule has 1 unspecified atom stereocenters. The third kappa shape index (κ3) is 3.49. The second kappa shape index (κ2) is 6.55. The van der Waals surface area contributed by atoms with Crippen LogP contribution in [0.5, 0.6) is 0 Å². The van der Waals surface area contributed by atoms with Crippen molar-refractivity contribution >= 4 is 23.2 Å². The van der Waals surface area contributed by atoms with Gasteiger partial charge in [-0.3, -0.25) is 16.3 Å². The molecule has 2 aromatic rings. The summed E-state index contributed by atoms with van der Waals surface area (Å²) in [6.45, 7) is 3.95. The van der Waals surface area contributed by atoms with Crippen molar-refractivity contribution in [2.45, 2.75) is 26.3 Å². The monoisotopic (exact) mass is 309 g/mol. The lowest BCUT2D eigenvalue weighted by molar-refractivity contribution is 0.547. The third-order valence-corrected chi connectivity index (χ3v) is 3.88. The summed E-state index contributed by atoms with van der Waals surface area (Å²) in [5, 5.41) is 1.35. The average Bonchev–Trinajstić information content (AvgIpc) is 2.40. The molecule has 1 atom stereocenters. The summed E-state index contributed by atoms with van der Waals surface area (Å²) in [6.07, 6.45) is 0.654. The Hall–Kier alpha value is -1.13. The molecule has 0 aliphatic heterocycles. The fourth-order valence-corrected chi connectivity index (χ4v) is 2.63. The zero-order chi connectivity index (χ0) is 14.7. The molecule has 1 aromatic heterocycles. The van der Waals surface area contributed by atoms with E-state index in [1.807, 2.05) is 32.0 Å². The number of rotatable bonds is 4. The van der Waals surface area contributed by atoms with Crippen LogP contribution in [0.3, 0.4) is 0 Å². The number of hydrogen-bond donors (Lipinski definition) is 2. The lowest BCUT2D eigenvalue weighted by atomic mass is 9.98. The van der Waals surface area contributed by atoms with Crippen molar-refractivity contribution in [3.05, 3.63) is 62.9 Å². The molecule has 0 fully saturated rings. The average molecular weight is 310 g/mol. The van der Waals surface area contributed by atoms with Crippen molar-refractivity contribution < 1.29 is 0 Å². The SMILES string of the molecule is Cc1ccc(C(Cc2cc(Cl)ccc2Cl)NN)c(C)n1. The minimum atomic E-state index is -0.0564. The van der Waals surface area contributed by atoms with E-state index in [4.69, 9.17) is 29.0 Å². The highest BCUT2D eigenvalue weighted by Gasteiger charge is 2.15. The first-order valence-electron chi connectivity index (χ1n) is 6.35. The lowest BCUT2D eigenvalue weighted by Gasteiger charge is -2.19. The van der Waals surface area contributed by atoms with Crippen LogP contribution in [0.4, 0.5) is 0 Å². The number of aromatic nitrogens is 1. The van der Waals surface area contributed by atoms with Gasteiger partial charge in [0.25, 0.3) is 0 Å². The van der Waals surface area contributed by atoms with Gasteiger partial charge in [0.05, 0.1) is 6.04 Å². The molecule has 0 spiro atoms. The maximum absolute atomic E-state index is 6.21. The molecule has 5 heteroatoms. The van der Waals surface area contributed by atoms with Crippen molar-refractivity contribution in [2.75, 3.05) is 0 Å². The van der Waals surface area contributed by atoms with Crippen LogP contribution in [-0.4, -0.2) is 4.98 Å². The maximum atomic E-state index is 6.21. The Kier molecular flexibility index (Phi) is 5.00. The number of nitrogens with two attached hydrogens (primary N) is 1. The van der Waals surface area contributed by atoms with Gasteiger partial charge in [-0.15, -0.1) is 0 Å². The zero-order valence-corrected chi connectivity index (χ0v) is 13.0. The summed E-state index contributed by atoms with van der Waals surface area (Å²) < 4.78 is 0. The molecule has 1 aromatic carbocycles. The predicted octanol–water partition coefficient (Wildman–Crippen LogP) is 3.75. The van der Waals surface area contributed by atoms with Crippen LogP contribution in [-0.2, 0) is 6.42 Å². The Morgan fingerprint density at radius 1 is 1.20 bits per heavy atom. The van der Waals surface area contributed by atoms with Gasteiger partial charge in [-0.2, -0.15) is 0 Å². The largest absolute Gasteiger partial charge is 0.271 e. The summed E-state index contributed by atoms with van der Waals surface area (Å²) in [5.41, 5.74) is 6.81. The van der Waals surface area contributed by atoms with Crippen molar-refractivity contribution in [3.8, 4) is 0 Å². The Bertz CT molecular complexity index is 614. The van der Waals surface area contributed by atoms with Gasteiger partial charge in [-0.25, -0.2) is 0 Å². The van der Waals surface area contributed by atoms with E-state index in [1.54, 1.807) is 12.1 Å². The van der Waals surface area contributed by atoms with E-state index >= 15 is 0 Å². The first kappa shape index (κ1) is 15.3. The highest BCUT2D eigenvalue weighted by molar-refractivity contribution is 6.33. The molecule has 3 N–H and O–H groups in total. The minimum absolute atomic E-state index is 0.0564. The number of aryl methyl sites for hydroxylation is 2. The molecule has 0 saturated heterocycles. The summed E-state index contributed by atoms with van der Waals surface area (Å²) in [5.74, 6) is 5.69. The van der Waals surface area contributed by atoms with Crippen molar-refractivity contribution in [1.29, 1.82) is 0 Å². The smallest absolute Gasteiger partial charge is 0.0518 e. The van der Waals surface area contributed by atoms with Gasteiger partial charge in [0.1, 0.15) is 0 Å². The quantitative estimate of drug-likeness (QED) is 0.668. The number of pyridine rings is 1. The minimum Gasteiger partial charge on any atom is -0.271 e. The summed E-state index contributed by atoms with van der Waals surface area (Å²) in [4.78, 5) is 4.47. The van der Waals surface area contributed by atoms with Gasteiger partial charge in [-0.1, -0.05) is 29.3 Å². The molecule has 0 bridgehead atoms. The highest BCUT2D eigenvalue weighted by Crippen LogP contribution is 2.27. The molecule has 0 saturated carbocycles. The Balaban J connectivity index is 2.31. The van der Waals surface area contributed by atoms with Gasteiger partial charge in [0.2, 0.25) is 0 Å². The van der Waals surface area contributed by atoms with E-state index in [0.29, 0.717) is 16.5 Å². The molecule has 0 aliphatic carbocycles. The number of nitrogens with one attached hydrogen (secondary N) is 1. The Morgan fingerprint density at radius 2 is 1.95 bits per heavy atom. The molecule has 0 amide bonds. The molecule has 0 radical (unpaired) electrons. The van der Waals surface area contributed by atoms with Gasteiger partial charge in [0, 0.05) is 21.4 Å². The standard InChI is InChI=1S/C15H17Cl2N3/c1-9-3-5-13(10(2)19-9)15(20-18)8-11-7-12(16)4-6-14(11)17/h3-7,15,20H,8,18H2,1-2H3. The topological polar surface area (TPSA) is 50.9 Å². The lowest BCUT2D eigenvalue weighted by Crippen LogP contribution is -2.30. The van der Waals surface area contributed by atoms with Crippen LogP contribution in [0, 0.1) is 13.8 Å². The van der Waals surface area contributed by atoms with Gasteiger partial charge >= 0.3 is 0 Å². The van der Waals surface area contributed by atoms with E-state index in [0.717, 1.165) is 22.5 Å². The van der Waals surface area contributed by atoms with Crippen LogP contribution in [0.2, 0.25) is 10.0 Å². The van der Waals surface area contributed by atoms with E-state index in [2.05, 4.69) is 10.4 Å². The molecule has 20 heavy (non-hydrogen) atoms. The number of nitrogens with zero attached hydrogens (tertiary/aromatic N) is 1. The van der Waals surface area contributed by atoms with Crippen molar-refractivity contribution in [3.63, 3.8) is 0 Å². The van der Waals surface area contributed by atoms with Crippen LogP contribution >= 0.6 is 23.2 Å². The highest BCUT2D eigenvalue weighted by atomic mass is 35.5. The zero-order valence-electron chi connectivity index (χ0n) is 11.5. The molecule has 3 nitrogen and oxygen atoms in total. The van der Waals surface area contributed by atoms with Crippen molar-refractivity contribution in [1.82, 2.24) is 10.4 Å². The molecule has 2 rings (SSSR count). The maximum Gasteiger partial charge on any atom is 0.0518 e. The predicted molar refractivity (Wildman–Crippen MR) is 83.9 cm³/mol. The fourth-order valence-electron chi connectivity index (χ4n) is 2.24. The van der Waals surface area contributed by atoms with Crippen LogP contribution in [0.15, 0.2) is 30.3 Å². The van der Waals surface area contributed by atoms with Gasteiger partial charge < -0.3 is 0 Å². The normalized spacial score (nSPS) is 12.4. The first-order chi connectivity index (χ1) is 9.51. The molecular weight excluding hydrogens is 293 g/mol. The van der Waals surface area contributed by atoms with E-state index in [-0.39, 0.29) is 6.04 Å². The van der Waals surface area contributed by atoms with E-state index in [1.165, 1.54) is 0 Å². The summed E-state index contributed by atoms with van der Waals surface area (Å²) in [7, 11) is 0. The van der Waals surface area contributed by atoms with Gasteiger partial charge in [-0.05, 0) is 55.7 Å². The van der Waals surface area contributed by atoms with Crippen molar-refractivity contribution in [2.24, 2.45) is 5.84 Å². The van der Waals surface area contributed by atoms with Gasteiger partial charge in [0.15, 0.2) is 0 Å². The second-order valence-electron chi connectivity index (χ2n) is 4.79. The fraction of sp³-hybridized carbons (Fsp3) is 0.267. The number of benzene rings is 1.